The van der Waals surface area contributed by atoms with Crippen LogP contribution in [-0.4, -0.2) is 26.2 Å². The number of methoxy groups -OCH3 is 1. The quantitative estimate of drug-likeness (QED) is 0.543. The summed E-state index contributed by atoms with van der Waals surface area (Å²) < 4.78 is 5.08. The number of nitrogens with two attached hydrogens (primary N) is 1. The van der Waals surface area contributed by atoms with Gasteiger partial charge in [0.2, 0.25) is 0 Å². The van der Waals surface area contributed by atoms with Crippen LogP contribution < -0.4 is 15.9 Å². The molecule has 1 aromatic carbocycles. The average molecular weight is 181 g/mol. The van der Waals surface area contributed by atoms with Gasteiger partial charge in [-0.2, -0.15) is 0 Å². The van der Waals surface area contributed by atoms with Gasteiger partial charge in [-0.3, -0.25) is 0 Å². The van der Waals surface area contributed by atoms with E-state index < -0.39 is 0 Å². The van der Waals surface area contributed by atoms with E-state index in [1.165, 1.54) is 0 Å². The Hall–Kier alpha value is -1.42. The lowest BCUT2D eigenvalue weighted by Gasteiger charge is -2.14. The van der Waals surface area contributed by atoms with Crippen molar-refractivity contribution in [1.29, 1.82) is 0 Å². The lowest BCUT2D eigenvalue weighted by molar-refractivity contribution is 0.414. The summed E-state index contributed by atoms with van der Waals surface area (Å²) in [5, 5.41) is 1.84. The van der Waals surface area contributed by atoms with Crippen LogP contribution in [0.2, 0.25) is 0 Å². The molecule has 0 saturated heterocycles. The zero-order valence-corrected chi connectivity index (χ0v) is 8.16. The minimum Gasteiger partial charge on any atom is -0.497 e. The number of benzene rings is 1. The molecule has 0 aliphatic heterocycles. The molecule has 0 spiro atoms. The molecule has 1 aromatic rings. The summed E-state index contributed by atoms with van der Waals surface area (Å²) in [5.74, 6) is 0.754. The fraction of sp³-hybridized carbons (Fsp3) is 0.333. The van der Waals surface area contributed by atoms with Crippen molar-refractivity contribution < 1.29 is 4.74 Å². The number of nitrogens with one attached hydrogen (secondary N) is 1. The van der Waals surface area contributed by atoms with E-state index in [1.807, 2.05) is 31.2 Å². The number of ether oxygens (including phenoxy) is 1. The van der Waals surface area contributed by atoms with E-state index in [0.717, 1.165) is 11.4 Å². The van der Waals surface area contributed by atoms with Crippen LogP contribution in [0.5, 0.6) is 5.75 Å². The monoisotopic (exact) mass is 181 g/mol. The summed E-state index contributed by atoms with van der Waals surface area (Å²) in [7, 11) is 5.44. The first-order chi connectivity index (χ1) is 6.11. The van der Waals surface area contributed by atoms with Gasteiger partial charge >= 0.3 is 0 Å². The molecule has 0 aliphatic carbocycles. The normalized spacial score (nSPS) is 10.2. The van der Waals surface area contributed by atoms with Gasteiger partial charge in [0.05, 0.1) is 12.8 Å². The maximum atomic E-state index is 5.67. The number of hydrogen-bond donors (Lipinski definition) is 2. The standard InChI is InChI=1S/C9H15N3O/c1-12(2)11-8-4-7(10)5-9(6-8)13-3/h4-6,11H,10H2,1-3H3. The van der Waals surface area contributed by atoms with Crippen molar-refractivity contribution in [2.45, 2.75) is 0 Å². The van der Waals surface area contributed by atoms with Gasteiger partial charge in [0.1, 0.15) is 5.75 Å². The van der Waals surface area contributed by atoms with E-state index in [9.17, 15) is 0 Å². The molecule has 0 fully saturated rings. The van der Waals surface area contributed by atoms with Crippen LogP contribution in [-0.2, 0) is 0 Å². The molecule has 0 saturated carbocycles. The van der Waals surface area contributed by atoms with E-state index in [1.54, 1.807) is 13.2 Å². The molecule has 0 unspecified atom stereocenters. The fourth-order valence-electron chi connectivity index (χ4n) is 1.06. The first kappa shape index (κ1) is 9.67. The van der Waals surface area contributed by atoms with Crippen LogP contribution in [0.1, 0.15) is 0 Å². The summed E-state index contributed by atoms with van der Waals surface area (Å²) >= 11 is 0. The van der Waals surface area contributed by atoms with Crippen molar-refractivity contribution in [2.24, 2.45) is 0 Å². The third-order valence-electron chi connectivity index (χ3n) is 1.52. The minimum absolute atomic E-state index is 0.684. The van der Waals surface area contributed by atoms with Gasteiger partial charge in [-0.15, -0.1) is 0 Å². The highest BCUT2D eigenvalue weighted by Gasteiger charge is 1.98. The number of nitrogens with zero attached hydrogens (tertiary/aromatic N) is 1. The summed E-state index contributed by atoms with van der Waals surface area (Å²) in [6.07, 6.45) is 0. The van der Waals surface area contributed by atoms with Gasteiger partial charge in [-0.25, -0.2) is 5.01 Å². The predicted molar refractivity (Wildman–Crippen MR) is 54.7 cm³/mol. The van der Waals surface area contributed by atoms with Crippen molar-refractivity contribution in [3.8, 4) is 5.75 Å². The van der Waals surface area contributed by atoms with Crippen LogP contribution in [0, 0.1) is 0 Å². The Morgan fingerprint density at radius 3 is 2.54 bits per heavy atom. The molecule has 4 heteroatoms. The summed E-state index contributed by atoms with van der Waals surface area (Å²) in [6.45, 7) is 0. The van der Waals surface area contributed by atoms with Crippen LogP contribution in [0.3, 0.4) is 0 Å². The third kappa shape index (κ3) is 2.83. The molecule has 1 rings (SSSR count). The largest absolute Gasteiger partial charge is 0.497 e. The molecule has 0 aromatic heterocycles. The number of hydrogen-bond acceptors (Lipinski definition) is 4. The van der Waals surface area contributed by atoms with E-state index >= 15 is 0 Å². The highest BCUT2D eigenvalue weighted by atomic mass is 16.5. The molecule has 0 aliphatic rings. The molecule has 0 bridgehead atoms. The Morgan fingerprint density at radius 1 is 1.31 bits per heavy atom. The Kier molecular flexibility index (Phi) is 2.97. The Labute approximate surface area is 78.3 Å². The van der Waals surface area contributed by atoms with Crippen LogP contribution in [0.15, 0.2) is 18.2 Å². The number of nitrogen functional groups attached to an aromatic ring is 1. The van der Waals surface area contributed by atoms with E-state index in [4.69, 9.17) is 10.5 Å². The second-order valence-electron chi connectivity index (χ2n) is 3.00. The van der Waals surface area contributed by atoms with Gasteiger partial charge in [-0.05, 0) is 6.07 Å². The molecule has 0 heterocycles. The second-order valence-corrected chi connectivity index (χ2v) is 3.00. The summed E-state index contributed by atoms with van der Waals surface area (Å²) in [4.78, 5) is 0. The molecular weight excluding hydrogens is 166 g/mol. The van der Waals surface area contributed by atoms with E-state index in [2.05, 4.69) is 5.43 Å². The number of rotatable bonds is 3. The fourth-order valence-corrected chi connectivity index (χ4v) is 1.06. The molecular formula is C9H15N3O. The van der Waals surface area contributed by atoms with Crippen LogP contribution >= 0.6 is 0 Å². The lowest BCUT2D eigenvalue weighted by atomic mass is 10.2. The van der Waals surface area contributed by atoms with Gasteiger partial charge in [-0.1, -0.05) is 0 Å². The van der Waals surface area contributed by atoms with Gasteiger partial charge in [0.15, 0.2) is 0 Å². The van der Waals surface area contributed by atoms with E-state index in [-0.39, 0.29) is 0 Å². The maximum Gasteiger partial charge on any atom is 0.123 e. The maximum absolute atomic E-state index is 5.67. The van der Waals surface area contributed by atoms with E-state index in [0.29, 0.717) is 5.69 Å². The second kappa shape index (κ2) is 4.00. The molecule has 0 atom stereocenters. The van der Waals surface area contributed by atoms with Crippen molar-refractivity contribution in [2.75, 3.05) is 32.4 Å². The van der Waals surface area contributed by atoms with Gasteiger partial charge in [0.25, 0.3) is 0 Å². The Balaban J connectivity index is 2.88. The van der Waals surface area contributed by atoms with Crippen molar-refractivity contribution in [3.63, 3.8) is 0 Å². The predicted octanol–water partition coefficient (Wildman–Crippen LogP) is 1.17. The van der Waals surface area contributed by atoms with Crippen molar-refractivity contribution >= 4 is 11.4 Å². The highest BCUT2D eigenvalue weighted by Crippen LogP contribution is 2.21. The molecule has 72 valence electrons. The first-order valence-electron chi connectivity index (χ1n) is 4.00. The smallest absolute Gasteiger partial charge is 0.123 e. The van der Waals surface area contributed by atoms with Crippen molar-refractivity contribution in [1.82, 2.24) is 5.01 Å². The Bertz CT molecular complexity index is 286. The molecule has 4 nitrogen and oxygen atoms in total. The zero-order chi connectivity index (χ0) is 9.84. The summed E-state index contributed by atoms with van der Waals surface area (Å²) in [5.41, 5.74) is 10.4. The molecule has 0 amide bonds. The zero-order valence-electron chi connectivity index (χ0n) is 8.16. The van der Waals surface area contributed by atoms with Crippen LogP contribution in [0.25, 0.3) is 0 Å². The van der Waals surface area contributed by atoms with Gasteiger partial charge in [0, 0.05) is 31.9 Å². The molecule has 13 heavy (non-hydrogen) atoms. The van der Waals surface area contributed by atoms with Crippen LogP contribution in [0.4, 0.5) is 11.4 Å². The average Bonchev–Trinajstić information content (AvgIpc) is 2.01. The molecule has 3 N–H and O–H groups in total. The topological polar surface area (TPSA) is 50.5 Å². The number of hydrazine groups is 1. The third-order valence-corrected chi connectivity index (χ3v) is 1.52. The minimum atomic E-state index is 0.684. The summed E-state index contributed by atoms with van der Waals surface area (Å²) in [6, 6.07) is 5.51. The lowest BCUT2D eigenvalue weighted by Crippen LogP contribution is -2.19. The number of anilines is 2. The highest BCUT2D eigenvalue weighted by molar-refractivity contribution is 5.58. The van der Waals surface area contributed by atoms with Gasteiger partial charge < -0.3 is 15.9 Å². The Morgan fingerprint density at radius 2 is 2.00 bits per heavy atom. The first-order valence-corrected chi connectivity index (χ1v) is 4.00. The van der Waals surface area contributed by atoms with Crippen molar-refractivity contribution in [3.05, 3.63) is 18.2 Å². The SMILES string of the molecule is COc1cc(N)cc(NN(C)C)c1. The molecule has 0 radical (unpaired) electrons.